The Morgan fingerprint density at radius 1 is 1.40 bits per heavy atom. The van der Waals surface area contributed by atoms with Crippen LogP contribution in [0.25, 0.3) is 0 Å². The van der Waals surface area contributed by atoms with Crippen molar-refractivity contribution in [2.24, 2.45) is 5.92 Å². The summed E-state index contributed by atoms with van der Waals surface area (Å²) >= 11 is 0. The van der Waals surface area contributed by atoms with Crippen LogP contribution in [0.1, 0.15) is 27.7 Å². The van der Waals surface area contributed by atoms with E-state index in [2.05, 4.69) is 31.1 Å². The van der Waals surface area contributed by atoms with E-state index in [-0.39, 0.29) is 0 Å². The summed E-state index contributed by atoms with van der Waals surface area (Å²) in [6.07, 6.45) is 1.75. The molecule has 0 radical (unpaired) electrons. The van der Waals surface area contributed by atoms with Crippen LogP contribution in [0.2, 0.25) is 0 Å². The SMILES string of the molecule is CCOc1ncccc1NC(C)C(C)C. The Labute approximate surface area is 91.9 Å². The molecule has 0 aromatic carbocycles. The number of aromatic nitrogens is 1. The van der Waals surface area contributed by atoms with Gasteiger partial charge in [-0.15, -0.1) is 0 Å². The molecule has 3 nitrogen and oxygen atoms in total. The molecule has 1 heterocycles. The van der Waals surface area contributed by atoms with Crippen molar-refractivity contribution in [1.82, 2.24) is 4.98 Å². The number of pyridine rings is 1. The van der Waals surface area contributed by atoms with E-state index in [4.69, 9.17) is 4.74 Å². The Bertz CT molecular complexity index is 299. The molecule has 0 saturated heterocycles. The minimum atomic E-state index is 0.411. The Hall–Kier alpha value is -1.25. The lowest BCUT2D eigenvalue weighted by Crippen LogP contribution is -2.22. The number of hydrogen-bond acceptors (Lipinski definition) is 3. The van der Waals surface area contributed by atoms with E-state index in [0.717, 1.165) is 5.69 Å². The van der Waals surface area contributed by atoms with Gasteiger partial charge in [0.05, 0.1) is 12.3 Å². The van der Waals surface area contributed by atoms with Crippen LogP contribution < -0.4 is 10.1 Å². The maximum absolute atomic E-state index is 5.44. The van der Waals surface area contributed by atoms with Crippen molar-refractivity contribution in [1.29, 1.82) is 0 Å². The molecule has 1 unspecified atom stereocenters. The zero-order valence-electron chi connectivity index (χ0n) is 9.95. The molecule has 0 aliphatic carbocycles. The lowest BCUT2D eigenvalue weighted by atomic mass is 10.1. The summed E-state index contributed by atoms with van der Waals surface area (Å²) in [5.41, 5.74) is 0.973. The van der Waals surface area contributed by atoms with E-state index < -0.39 is 0 Å². The topological polar surface area (TPSA) is 34.1 Å². The first-order valence-electron chi connectivity index (χ1n) is 5.49. The summed E-state index contributed by atoms with van der Waals surface area (Å²) in [5, 5.41) is 3.41. The van der Waals surface area contributed by atoms with E-state index >= 15 is 0 Å². The molecule has 1 N–H and O–H groups in total. The molecule has 0 fully saturated rings. The third-order valence-corrected chi connectivity index (χ3v) is 2.44. The van der Waals surface area contributed by atoms with Crippen LogP contribution in [0.15, 0.2) is 18.3 Å². The zero-order chi connectivity index (χ0) is 11.3. The van der Waals surface area contributed by atoms with E-state index in [1.54, 1.807) is 6.20 Å². The van der Waals surface area contributed by atoms with Gasteiger partial charge in [0, 0.05) is 12.2 Å². The van der Waals surface area contributed by atoms with Gasteiger partial charge in [-0.3, -0.25) is 0 Å². The summed E-state index contributed by atoms with van der Waals surface area (Å²) in [5.74, 6) is 1.27. The molecule has 1 atom stereocenters. The van der Waals surface area contributed by atoms with Crippen LogP contribution in [-0.2, 0) is 0 Å². The quantitative estimate of drug-likeness (QED) is 0.807. The number of rotatable bonds is 5. The molecule has 1 aromatic rings. The molecule has 0 aliphatic rings. The van der Waals surface area contributed by atoms with Crippen molar-refractivity contribution in [2.45, 2.75) is 33.7 Å². The van der Waals surface area contributed by atoms with Gasteiger partial charge in [0.2, 0.25) is 5.88 Å². The molecule has 0 bridgehead atoms. The van der Waals surface area contributed by atoms with Crippen molar-refractivity contribution in [2.75, 3.05) is 11.9 Å². The maximum atomic E-state index is 5.44. The second kappa shape index (κ2) is 5.59. The molecule has 1 aromatic heterocycles. The summed E-state index contributed by atoms with van der Waals surface area (Å²) < 4.78 is 5.44. The van der Waals surface area contributed by atoms with Crippen LogP contribution in [0.4, 0.5) is 5.69 Å². The summed E-state index contributed by atoms with van der Waals surface area (Å²) in [7, 11) is 0. The van der Waals surface area contributed by atoms with Gasteiger partial charge in [-0.05, 0) is 31.9 Å². The van der Waals surface area contributed by atoms with Gasteiger partial charge in [-0.2, -0.15) is 0 Å². The first kappa shape index (κ1) is 11.8. The number of ether oxygens (including phenoxy) is 1. The van der Waals surface area contributed by atoms with E-state index in [9.17, 15) is 0 Å². The van der Waals surface area contributed by atoms with Crippen molar-refractivity contribution < 1.29 is 4.74 Å². The Balaban J connectivity index is 2.74. The van der Waals surface area contributed by atoms with Crippen molar-refractivity contribution in [3.8, 4) is 5.88 Å². The highest BCUT2D eigenvalue weighted by Gasteiger charge is 2.10. The maximum Gasteiger partial charge on any atom is 0.237 e. The number of nitrogens with zero attached hydrogens (tertiary/aromatic N) is 1. The molecule has 0 amide bonds. The monoisotopic (exact) mass is 208 g/mol. The average Bonchev–Trinajstić information content (AvgIpc) is 2.21. The van der Waals surface area contributed by atoms with Crippen molar-refractivity contribution in [3.63, 3.8) is 0 Å². The molecule has 0 aliphatic heterocycles. The standard InChI is InChI=1S/C12H20N2O/c1-5-15-12-11(7-6-8-13-12)14-10(4)9(2)3/h6-10,14H,5H2,1-4H3. The molecular weight excluding hydrogens is 188 g/mol. The molecule has 0 saturated carbocycles. The number of nitrogens with one attached hydrogen (secondary N) is 1. The first-order chi connectivity index (χ1) is 7.15. The van der Waals surface area contributed by atoms with Gasteiger partial charge in [-0.25, -0.2) is 4.98 Å². The Morgan fingerprint density at radius 2 is 2.13 bits per heavy atom. The third-order valence-electron chi connectivity index (χ3n) is 2.44. The van der Waals surface area contributed by atoms with Gasteiger partial charge in [0.1, 0.15) is 0 Å². The second-order valence-corrected chi connectivity index (χ2v) is 3.97. The smallest absolute Gasteiger partial charge is 0.237 e. The highest BCUT2D eigenvalue weighted by atomic mass is 16.5. The summed E-state index contributed by atoms with van der Waals surface area (Å²) in [4.78, 5) is 4.20. The summed E-state index contributed by atoms with van der Waals surface area (Å²) in [6, 6.07) is 4.32. The second-order valence-electron chi connectivity index (χ2n) is 3.97. The first-order valence-corrected chi connectivity index (χ1v) is 5.49. The lowest BCUT2D eigenvalue weighted by Gasteiger charge is -2.20. The van der Waals surface area contributed by atoms with Gasteiger partial charge in [-0.1, -0.05) is 13.8 Å². The average molecular weight is 208 g/mol. The Morgan fingerprint density at radius 3 is 2.73 bits per heavy atom. The number of anilines is 1. The van der Waals surface area contributed by atoms with E-state index in [1.165, 1.54) is 0 Å². The van der Waals surface area contributed by atoms with Crippen LogP contribution >= 0.6 is 0 Å². The van der Waals surface area contributed by atoms with Gasteiger partial charge < -0.3 is 10.1 Å². The van der Waals surface area contributed by atoms with Gasteiger partial charge in [0.15, 0.2) is 0 Å². The van der Waals surface area contributed by atoms with E-state index in [1.807, 2.05) is 19.1 Å². The van der Waals surface area contributed by atoms with Crippen LogP contribution in [0.5, 0.6) is 5.88 Å². The lowest BCUT2D eigenvalue weighted by molar-refractivity contribution is 0.328. The molecule has 1 rings (SSSR count). The molecule has 0 spiro atoms. The molecule has 3 heteroatoms. The predicted octanol–water partition coefficient (Wildman–Crippen LogP) is 2.94. The highest BCUT2D eigenvalue weighted by Crippen LogP contribution is 2.22. The zero-order valence-corrected chi connectivity index (χ0v) is 9.95. The fraction of sp³-hybridized carbons (Fsp3) is 0.583. The van der Waals surface area contributed by atoms with Crippen molar-refractivity contribution >= 4 is 5.69 Å². The largest absolute Gasteiger partial charge is 0.476 e. The minimum absolute atomic E-state index is 0.411. The van der Waals surface area contributed by atoms with E-state index in [0.29, 0.717) is 24.4 Å². The fourth-order valence-corrected chi connectivity index (χ4v) is 1.16. The summed E-state index contributed by atoms with van der Waals surface area (Å²) in [6.45, 7) is 9.14. The molecule has 84 valence electrons. The van der Waals surface area contributed by atoms with Crippen molar-refractivity contribution in [3.05, 3.63) is 18.3 Å². The van der Waals surface area contributed by atoms with Crippen LogP contribution in [0, 0.1) is 5.92 Å². The normalized spacial score (nSPS) is 12.6. The third kappa shape index (κ3) is 3.42. The number of hydrogen-bond donors (Lipinski definition) is 1. The van der Waals surface area contributed by atoms with Crippen LogP contribution in [0.3, 0.4) is 0 Å². The van der Waals surface area contributed by atoms with Gasteiger partial charge >= 0.3 is 0 Å². The molecule has 15 heavy (non-hydrogen) atoms. The predicted molar refractivity (Wildman–Crippen MR) is 63.3 cm³/mol. The van der Waals surface area contributed by atoms with Gasteiger partial charge in [0.25, 0.3) is 0 Å². The molecular formula is C12H20N2O. The Kier molecular flexibility index (Phi) is 4.40. The van der Waals surface area contributed by atoms with Crippen LogP contribution in [-0.4, -0.2) is 17.6 Å². The fourth-order valence-electron chi connectivity index (χ4n) is 1.16. The minimum Gasteiger partial charge on any atom is -0.476 e. The highest BCUT2D eigenvalue weighted by molar-refractivity contribution is 5.52.